The van der Waals surface area contributed by atoms with Gasteiger partial charge in [0.25, 0.3) is 0 Å². The normalized spacial score (nSPS) is 15.1. The summed E-state index contributed by atoms with van der Waals surface area (Å²) in [6.07, 6.45) is -1.05. The van der Waals surface area contributed by atoms with Crippen molar-refractivity contribution in [2.24, 2.45) is 0 Å². The highest BCUT2D eigenvalue weighted by Crippen LogP contribution is 2.32. The first-order chi connectivity index (χ1) is 16.6. The Balaban J connectivity index is 1.79. The Labute approximate surface area is 198 Å². The number of nitrogens with zero attached hydrogens (tertiary/aromatic N) is 1. The highest BCUT2D eigenvalue weighted by molar-refractivity contribution is 5.92. The minimum atomic E-state index is -4.56. The van der Waals surface area contributed by atoms with Gasteiger partial charge >= 0.3 is 12.8 Å². The summed E-state index contributed by atoms with van der Waals surface area (Å²) in [4.78, 5) is 26.2. The maximum atomic E-state index is 13.2. The number of amides is 2. The average molecular weight is 498 g/mol. The Morgan fingerprint density at radius 1 is 1.17 bits per heavy atom. The summed E-state index contributed by atoms with van der Waals surface area (Å²) in [6, 6.07) is 7.76. The van der Waals surface area contributed by atoms with Gasteiger partial charge in [-0.25, -0.2) is 0 Å². The maximum Gasteiger partial charge on any atom is 0.416 e. The van der Waals surface area contributed by atoms with Crippen LogP contribution in [0.1, 0.15) is 35.6 Å². The minimum absolute atomic E-state index is 0.0210. The van der Waals surface area contributed by atoms with E-state index >= 15 is 0 Å². The van der Waals surface area contributed by atoms with Crippen molar-refractivity contribution in [3.8, 4) is 11.5 Å². The predicted octanol–water partition coefficient (Wildman–Crippen LogP) is 4.81. The molecule has 35 heavy (non-hydrogen) atoms. The molecule has 0 aliphatic carbocycles. The number of nitrogens with one attached hydrogen (secondary N) is 1. The maximum absolute atomic E-state index is 13.2. The van der Waals surface area contributed by atoms with Crippen LogP contribution in [-0.4, -0.2) is 43.5 Å². The molecular weight excluding hydrogens is 475 g/mol. The lowest BCUT2D eigenvalue weighted by Gasteiger charge is -2.25. The van der Waals surface area contributed by atoms with Gasteiger partial charge in [0, 0.05) is 25.6 Å². The van der Waals surface area contributed by atoms with E-state index in [-0.39, 0.29) is 29.5 Å². The van der Waals surface area contributed by atoms with Crippen LogP contribution in [0.15, 0.2) is 48.5 Å². The molecule has 2 amide bonds. The van der Waals surface area contributed by atoms with Gasteiger partial charge in [-0.15, -0.1) is 0 Å². The molecule has 1 heterocycles. The molecule has 2 aromatic rings. The van der Waals surface area contributed by atoms with E-state index in [1.54, 1.807) is 0 Å². The summed E-state index contributed by atoms with van der Waals surface area (Å²) in [5, 5.41) is 2.65. The van der Waals surface area contributed by atoms with Gasteiger partial charge in [-0.1, -0.05) is 18.2 Å². The zero-order valence-electron chi connectivity index (χ0n) is 18.6. The lowest BCUT2D eigenvalue weighted by Crippen LogP contribution is -2.38. The second-order valence-electron chi connectivity index (χ2n) is 7.75. The number of benzene rings is 2. The van der Waals surface area contributed by atoms with Crippen LogP contribution in [0.2, 0.25) is 0 Å². The van der Waals surface area contributed by atoms with Gasteiger partial charge in [-0.05, 0) is 47.9 Å². The van der Waals surface area contributed by atoms with Crippen molar-refractivity contribution in [3.05, 3.63) is 65.2 Å². The van der Waals surface area contributed by atoms with E-state index in [1.165, 1.54) is 48.4 Å². The van der Waals surface area contributed by atoms with Crippen LogP contribution in [0.3, 0.4) is 0 Å². The Morgan fingerprint density at radius 2 is 1.94 bits per heavy atom. The number of methoxy groups -OCH3 is 1. The molecule has 3 rings (SSSR count). The van der Waals surface area contributed by atoms with Crippen LogP contribution in [-0.2, 0) is 15.8 Å². The molecule has 0 bridgehead atoms. The van der Waals surface area contributed by atoms with E-state index in [2.05, 4.69) is 10.1 Å². The molecule has 2 aromatic carbocycles. The molecule has 1 unspecified atom stereocenters. The number of ether oxygens (including phenoxy) is 2. The average Bonchev–Trinajstić information content (AvgIpc) is 3.21. The monoisotopic (exact) mass is 498 g/mol. The summed E-state index contributed by atoms with van der Waals surface area (Å²) in [5.41, 5.74) is -0.226. The van der Waals surface area contributed by atoms with Crippen LogP contribution in [0.25, 0.3) is 6.08 Å². The number of carbonyl (C=O) groups is 2. The van der Waals surface area contributed by atoms with Crippen molar-refractivity contribution >= 4 is 17.9 Å². The fourth-order valence-corrected chi connectivity index (χ4v) is 3.66. The number of alkyl halides is 5. The Bertz CT molecular complexity index is 1090. The second-order valence-corrected chi connectivity index (χ2v) is 7.75. The third-order valence-corrected chi connectivity index (χ3v) is 5.34. The SMILES string of the molecule is COc1cc(C=CC(=O)NC(CN2CCCC2=O)c2cccc(C(F)(F)F)c2)ccc1OC(F)F. The summed E-state index contributed by atoms with van der Waals surface area (Å²) in [5.74, 6) is -0.901. The van der Waals surface area contributed by atoms with Gasteiger partial charge in [0.05, 0.1) is 18.7 Å². The van der Waals surface area contributed by atoms with Crippen molar-refractivity contribution < 1.29 is 41.0 Å². The van der Waals surface area contributed by atoms with E-state index in [1.807, 2.05) is 0 Å². The summed E-state index contributed by atoms with van der Waals surface area (Å²) in [7, 11) is 1.27. The second kappa shape index (κ2) is 11.2. The molecule has 1 fully saturated rings. The molecule has 1 atom stereocenters. The van der Waals surface area contributed by atoms with Gasteiger partial charge < -0.3 is 19.7 Å². The quantitative estimate of drug-likeness (QED) is 0.398. The topological polar surface area (TPSA) is 67.9 Å². The molecule has 1 N–H and O–H groups in total. The summed E-state index contributed by atoms with van der Waals surface area (Å²) >= 11 is 0. The van der Waals surface area contributed by atoms with E-state index in [0.717, 1.165) is 18.2 Å². The Morgan fingerprint density at radius 3 is 2.57 bits per heavy atom. The van der Waals surface area contributed by atoms with Gasteiger partial charge in [-0.2, -0.15) is 22.0 Å². The molecule has 11 heteroatoms. The predicted molar refractivity (Wildman–Crippen MR) is 117 cm³/mol. The van der Waals surface area contributed by atoms with Crippen LogP contribution in [0.4, 0.5) is 22.0 Å². The van der Waals surface area contributed by atoms with Crippen LogP contribution >= 0.6 is 0 Å². The first-order valence-electron chi connectivity index (χ1n) is 10.6. The molecule has 0 radical (unpaired) electrons. The molecule has 1 aliphatic rings. The standard InChI is InChI=1S/C24H23F5N2O4/c1-34-20-12-15(7-9-19(20)35-23(25)26)8-10-21(32)30-18(14-31-11-3-6-22(31)33)16-4-2-5-17(13-16)24(27,28)29/h2,4-5,7-10,12-13,18,23H,3,6,11,14H2,1H3,(H,30,32). The molecule has 1 saturated heterocycles. The van der Waals surface area contributed by atoms with E-state index in [4.69, 9.17) is 4.74 Å². The van der Waals surface area contributed by atoms with Crippen molar-refractivity contribution in [2.75, 3.05) is 20.2 Å². The van der Waals surface area contributed by atoms with Crippen molar-refractivity contribution in [3.63, 3.8) is 0 Å². The van der Waals surface area contributed by atoms with Gasteiger partial charge in [0.1, 0.15) is 0 Å². The van der Waals surface area contributed by atoms with Crippen molar-refractivity contribution in [1.82, 2.24) is 10.2 Å². The Kier molecular flexibility index (Phi) is 8.31. The zero-order valence-corrected chi connectivity index (χ0v) is 18.6. The van der Waals surface area contributed by atoms with Crippen LogP contribution in [0.5, 0.6) is 11.5 Å². The molecule has 0 saturated carbocycles. The number of halogens is 5. The molecule has 0 spiro atoms. The molecule has 0 aromatic heterocycles. The third kappa shape index (κ3) is 7.17. The lowest BCUT2D eigenvalue weighted by atomic mass is 10.0. The van der Waals surface area contributed by atoms with Crippen LogP contribution in [0, 0.1) is 0 Å². The molecular formula is C24H23F5N2O4. The lowest BCUT2D eigenvalue weighted by molar-refractivity contribution is -0.137. The first kappa shape index (κ1) is 26.0. The van der Waals surface area contributed by atoms with Gasteiger partial charge in [-0.3, -0.25) is 9.59 Å². The van der Waals surface area contributed by atoms with Crippen molar-refractivity contribution in [2.45, 2.75) is 31.7 Å². The fraction of sp³-hybridized carbons (Fsp3) is 0.333. The molecule has 1 aliphatic heterocycles. The molecule has 188 valence electrons. The highest BCUT2D eigenvalue weighted by atomic mass is 19.4. The number of carbonyl (C=O) groups excluding carboxylic acids is 2. The summed E-state index contributed by atoms with van der Waals surface area (Å²) < 4.78 is 73.9. The van der Waals surface area contributed by atoms with E-state index in [0.29, 0.717) is 24.9 Å². The fourth-order valence-electron chi connectivity index (χ4n) is 3.66. The smallest absolute Gasteiger partial charge is 0.416 e. The highest BCUT2D eigenvalue weighted by Gasteiger charge is 2.32. The number of rotatable bonds is 9. The number of likely N-dealkylation sites (tertiary alicyclic amines) is 1. The van der Waals surface area contributed by atoms with E-state index < -0.39 is 30.3 Å². The van der Waals surface area contributed by atoms with Gasteiger partial charge in [0.15, 0.2) is 11.5 Å². The summed E-state index contributed by atoms with van der Waals surface area (Å²) in [6.45, 7) is -2.56. The zero-order chi connectivity index (χ0) is 25.6. The minimum Gasteiger partial charge on any atom is -0.493 e. The largest absolute Gasteiger partial charge is 0.493 e. The van der Waals surface area contributed by atoms with E-state index in [9.17, 15) is 31.5 Å². The first-order valence-corrected chi connectivity index (χ1v) is 10.6. The van der Waals surface area contributed by atoms with Crippen molar-refractivity contribution in [1.29, 1.82) is 0 Å². The third-order valence-electron chi connectivity index (χ3n) is 5.34. The number of hydrogen-bond acceptors (Lipinski definition) is 4. The van der Waals surface area contributed by atoms with Gasteiger partial charge in [0.2, 0.25) is 11.8 Å². The van der Waals surface area contributed by atoms with Crippen LogP contribution < -0.4 is 14.8 Å². The Hall–Kier alpha value is -3.63. The molecule has 6 nitrogen and oxygen atoms in total. The number of hydrogen-bond donors (Lipinski definition) is 1.